The summed E-state index contributed by atoms with van der Waals surface area (Å²) in [6.07, 6.45) is 0. The lowest BCUT2D eigenvalue weighted by molar-refractivity contribution is 1.02. The molecule has 0 N–H and O–H groups in total. The van der Waals surface area contributed by atoms with Gasteiger partial charge in [-0.05, 0) is 159 Å². The van der Waals surface area contributed by atoms with Gasteiger partial charge in [-0.25, -0.2) is 9.97 Å². The summed E-state index contributed by atoms with van der Waals surface area (Å²) < 4.78 is 9.90. The van der Waals surface area contributed by atoms with Gasteiger partial charge in [0, 0.05) is 59.8 Å². The van der Waals surface area contributed by atoms with Crippen molar-refractivity contribution in [3.05, 3.63) is 262 Å². The van der Waals surface area contributed by atoms with Crippen molar-refractivity contribution in [3.8, 4) is 62.7 Å². The van der Waals surface area contributed by atoms with Gasteiger partial charge in [-0.15, -0.1) is 0 Å². The molecule has 5 aromatic heterocycles. The van der Waals surface area contributed by atoms with Crippen molar-refractivity contribution in [1.82, 2.24) is 28.2 Å². The number of nitrogens with zero attached hydrogens (tertiary/aromatic N) is 7. The summed E-state index contributed by atoms with van der Waals surface area (Å²) in [5, 5.41) is 22.2. The van der Waals surface area contributed by atoms with Gasteiger partial charge in [0.2, 0.25) is 0 Å². The molecular weight excluding hydrogens is 1050 g/mol. The first-order chi connectivity index (χ1) is 41.9. The predicted molar refractivity (Wildman–Crippen MR) is 358 cm³/mol. The highest BCUT2D eigenvalue weighted by Gasteiger charge is 2.36. The number of hydrogen-bond acceptors (Lipinski definition) is 3. The molecule has 0 atom stereocenters. The maximum Gasteiger partial charge on any atom is 0.160 e. The van der Waals surface area contributed by atoms with Crippen LogP contribution in [0.25, 0.3) is 144 Å². The Morgan fingerprint density at radius 2 is 0.547 bits per heavy atom. The molecule has 0 aliphatic heterocycles. The molecule has 7 nitrogen and oxygen atoms in total. The second-order valence-electron chi connectivity index (χ2n) is 24.0. The van der Waals surface area contributed by atoms with Crippen molar-refractivity contribution in [2.75, 3.05) is 0 Å². The first-order valence-corrected chi connectivity index (χ1v) is 29.6. The Hall–Kier alpha value is -10.8. The van der Waals surface area contributed by atoms with Crippen LogP contribution < -0.4 is 0 Å². The van der Waals surface area contributed by atoms with Crippen molar-refractivity contribution in [2.45, 2.75) is 55.4 Å². The Bertz CT molecular complexity index is 5330. The minimum Gasteiger partial charge on any atom is -0.306 e. The van der Waals surface area contributed by atoms with Gasteiger partial charge in [-0.2, -0.15) is 5.26 Å². The smallest absolute Gasteiger partial charge is 0.160 e. The van der Waals surface area contributed by atoms with Crippen molar-refractivity contribution in [1.29, 1.82) is 5.26 Å². The summed E-state index contributed by atoms with van der Waals surface area (Å²) in [7, 11) is 0. The summed E-state index contributed by atoms with van der Waals surface area (Å²) in [6, 6.07) is 80.6. The third kappa shape index (κ3) is 7.66. The number of aromatic nitrogens is 6. The van der Waals surface area contributed by atoms with Crippen LogP contribution in [0, 0.1) is 66.7 Å². The van der Waals surface area contributed by atoms with Crippen molar-refractivity contribution in [3.63, 3.8) is 0 Å². The summed E-state index contributed by atoms with van der Waals surface area (Å²) in [4.78, 5) is 11.3. The number of aryl methyl sites for hydroxylation is 8. The highest BCUT2D eigenvalue weighted by atomic mass is 15.1. The van der Waals surface area contributed by atoms with Crippen molar-refractivity contribution in [2.24, 2.45) is 0 Å². The molecule has 410 valence electrons. The minimum absolute atomic E-state index is 0.464. The molecule has 86 heavy (non-hydrogen) atoms. The van der Waals surface area contributed by atoms with E-state index >= 15 is 0 Å². The second kappa shape index (κ2) is 19.1. The van der Waals surface area contributed by atoms with Gasteiger partial charge in [0.25, 0.3) is 0 Å². The van der Waals surface area contributed by atoms with E-state index in [0.717, 1.165) is 160 Å². The molecule has 0 radical (unpaired) electrons. The molecule has 11 aromatic carbocycles. The van der Waals surface area contributed by atoms with Crippen LogP contribution in [0.15, 0.2) is 212 Å². The van der Waals surface area contributed by atoms with Crippen molar-refractivity contribution < 1.29 is 0 Å². The number of nitriles is 1. The number of benzene rings is 11. The summed E-state index contributed by atoms with van der Waals surface area (Å²) in [6.45, 7) is 17.4. The molecule has 0 aliphatic rings. The first-order valence-electron chi connectivity index (χ1n) is 29.6. The molecule has 0 spiro atoms. The second-order valence-corrected chi connectivity index (χ2v) is 24.0. The van der Waals surface area contributed by atoms with Crippen molar-refractivity contribution >= 4 is 87.2 Å². The van der Waals surface area contributed by atoms with Crippen LogP contribution in [-0.2, 0) is 0 Å². The number of fused-ring (bicyclic) bond motifs is 12. The van der Waals surface area contributed by atoms with E-state index < -0.39 is 0 Å². The first kappa shape index (κ1) is 50.9. The Balaban J connectivity index is 1.28. The quantitative estimate of drug-likeness (QED) is 0.160. The fourth-order valence-corrected chi connectivity index (χ4v) is 13.9. The van der Waals surface area contributed by atoms with Gasteiger partial charge in [0.05, 0.1) is 83.8 Å². The average Bonchev–Trinajstić information content (AvgIpc) is 1.43. The van der Waals surface area contributed by atoms with Crippen LogP contribution in [0.3, 0.4) is 0 Å². The Kier molecular flexibility index (Phi) is 11.3. The summed E-state index contributed by atoms with van der Waals surface area (Å²) in [5.41, 5.74) is 24.9. The van der Waals surface area contributed by atoms with Gasteiger partial charge >= 0.3 is 0 Å². The van der Waals surface area contributed by atoms with E-state index in [9.17, 15) is 5.26 Å². The van der Waals surface area contributed by atoms with Gasteiger partial charge < -0.3 is 18.3 Å². The monoisotopic (exact) mass is 1110 g/mol. The lowest BCUT2D eigenvalue weighted by Crippen LogP contribution is -2.17. The molecule has 0 fully saturated rings. The van der Waals surface area contributed by atoms with Crippen LogP contribution in [-0.4, -0.2) is 28.2 Å². The highest BCUT2D eigenvalue weighted by Crippen LogP contribution is 2.52. The molecule has 7 heteroatoms. The molecule has 0 unspecified atom stereocenters. The molecule has 0 amide bonds. The van der Waals surface area contributed by atoms with E-state index in [-0.39, 0.29) is 0 Å². The molecule has 0 saturated heterocycles. The maximum absolute atomic E-state index is 13.2. The fraction of sp³-hybridized carbons (Fsp3) is 0.101. The Labute approximate surface area is 498 Å². The summed E-state index contributed by atoms with van der Waals surface area (Å²) in [5.74, 6) is 0.552. The largest absolute Gasteiger partial charge is 0.306 e. The fourth-order valence-electron chi connectivity index (χ4n) is 13.9. The van der Waals surface area contributed by atoms with Gasteiger partial charge in [-0.1, -0.05) is 154 Å². The molecule has 0 bridgehead atoms. The lowest BCUT2D eigenvalue weighted by atomic mass is 9.94. The van der Waals surface area contributed by atoms with E-state index in [0.29, 0.717) is 22.6 Å². The normalized spacial score (nSPS) is 11.9. The van der Waals surface area contributed by atoms with Crippen LogP contribution in [0.2, 0.25) is 0 Å². The summed E-state index contributed by atoms with van der Waals surface area (Å²) >= 11 is 0. The van der Waals surface area contributed by atoms with E-state index in [2.05, 4.69) is 268 Å². The maximum atomic E-state index is 13.2. The zero-order valence-corrected chi connectivity index (χ0v) is 49.3. The Morgan fingerprint density at radius 1 is 0.279 bits per heavy atom. The topological polar surface area (TPSA) is 69.3 Å². The van der Waals surface area contributed by atoms with E-state index in [1.807, 2.05) is 24.3 Å². The number of rotatable bonds is 7. The van der Waals surface area contributed by atoms with Crippen LogP contribution in [0.5, 0.6) is 0 Å². The zero-order valence-electron chi connectivity index (χ0n) is 49.3. The molecule has 16 rings (SSSR count). The van der Waals surface area contributed by atoms with Crippen LogP contribution in [0.1, 0.15) is 50.1 Å². The minimum atomic E-state index is 0.464. The molecule has 16 aromatic rings. The zero-order chi connectivity index (χ0) is 58.4. The average molecular weight is 1110 g/mol. The number of hydrogen-bond donors (Lipinski definition) is 0. The lowest BCUT2D eigenvalue weighted by Gasteiger charge is -2.29. The van der Waals surface area contributed by atoms with Crippen LogP contribution in [0.4, 0.5) is 0 Å². The van der Waals surface area contributed by atoms with Gasteiger partial charge in [0.15, 0.2) is 5.82 Å². The molecule has 5 heterocycles. The van der Waals surface area contributed by atoms with E-state index in [4.69, 9.17) is 9.97 Å². The third-order valence-electron chi connectivity index (χ3n) is 17.8. The van der Waals surface area contributed by atoms with E-state index in [1.54, 1.807) is 0 Å². The predicted octanol–water partition coefficient (Wildman–Crippen LogP) is 20.2. The standard InChI is InChI=1S/C79H59N7/c1-45-19-27-66-55(35-45)56-36-46(2)20-28-67(56)83(66)75-63(44-80)74(65-43-64(53-15-11-9-12-16-53)81-79(82-65)54-17-13-10-14-18-54)76(84-68-29-21-47(3)37-57(68)58-38-48(4)22-30-69(58)84)78(86-72-33-25-51(7)41-61(72)62-42-52(8)26-34-73(62)86)77(75)85-70-31-23-49(5)39-59(70)60-40-50(6)24-32-71(60)85/h9-43H,1-8H3. The highest BCUT2D eigenvalue weighted by molar-refractivity contribution is 6.17. The molecule has 0 saturated carbocycles. The van der Waals surface area contributed by atoms with Gasteiger partial charge in [-0.3, -0.25) is 0 Å². The van der Waals surface area contributed by atoms with E-state index in [1.165, 1.54) is 11.1 Å². The molecular formula is C79H59N7. The third-order valence-corrected chi connectivity index (χ3v) is 17.8. The Morgan fingerprint density at radius 3 is 0.860 bits per heavy atom. The molecule has 0 aliphatic carbocycles. The van der Waals surface area contributed by atoms with Gasteiger partial charge in [0.1, 0.15) is 6.07 Å². The SMILES string of the molecule is Cc1ccc2c(c1)c1cc(C)ccc1n2-c1c(C#N)c(-c2cc(-c3ccccc3)nc(-c3ccccc3)n2)c(-n2c3ccc(C)cc3c3cc(C)ccc32)c(-n2c3ccc(C)cc3c3cc(C)ccc32)c1-n1c2ccc(C)cc2c2cc(C)ccc21. The van der Waals surface area contributed by atoms with Crippen LogP contribution >= 0.6 is 0 Å².